The van der Waals surface area contributed by atoms with Crippen molar-refractivity contribution < 1.29 is 13.9 Å². The lowest BCUT2D eigenvalue weighted by Gasteiger charge is -2.14. The number of hydrogen-bond acceptors (Lipinski definition) is 2. The lowest BCUT2D eigenvalue weighted by atomic mass is 10.00. The van der Waals surface area contributed by atoms with Crippen LogP contribution in [0, 0.1) is 19.7 Å². The highest BCUT2D eigenvalue weighted by atomic mass is 79.9. The van der Waals surface area contributed by atoms with Crippen LogP contribution in [0.3, 0.4) is 0 Å². The molecule has 0 amide bonds. The molecule has 2 nitrogen and oxygen atoms in total. The smallest absolute Gasteiger partial charge is 0.138 e. The van der Waals surface area contributed by atoms with Gasteiger partial charge in [0.15, 0.2) is 0 Å². The molecule has 2 aromatic rings. The summed E-state index contributed by atoms with van der Waals surface area (Å²) in [7, 11) is 0. The van der Waals surface area contributed by atoms with Gasteiger partial charge in [-0.25, -0.2) is 4.39 Å². The quantitative estimate of drug-likeness (QED) is 0.588. The first-order valence-corrected chi connectivity index (χ1v) is 7.06. The molecule has 0 saturated heterocycles. The molecule has 0 fully saturated rings. The third-order valence-corrected chi connectivity index (χ3v) is 3.69. The highest BCUT2D eigenvalue weighted by Gasteiger charge is 2.13. The summed E-state index contributed by atoms with van der Waals surface area (Å²) >= 11 is 3.34. The summed E-state index contributed by atoms with van der Waals surface area (Å²) in [5, 5.41) is 0. The van der Waals surface area contributed by atoms with Crippen molar-refractivity contribution in [3.05, 3.63) is 58.9 Å². The first-order valence-electron chi connectivity index (χ1n) is 6.15. The van der Waals surface area contributed by atoms with Crippen molar-refractivity contribution in [2.24, 2.45) is 0 Å². The first-order chi connectivity index (χ1) is 9.51. The minimum atomic E-state index is -0.317. The summed E-state index contributed by atoms with van der Waals surface area (Å²) in [6.07, 6.45) is 0.857. The topological polar surface area (TPSA) is 26.3 Å². The van der Waals surface area contributed by atoms with Crippen LogP contribution in [-0.2, 0) is 4.79 Å². The molecular weight excluding hydrogens is 323 g/mol. The molecule has 0 aliphatic carbocycles. The maximum absolute atomic E-state index is 12.8. The van der Waals surface area contributed by atoms with Crippen LogP contribution in [0.15, 0.2) is 36.4 Å². The van der Waals surface area contributed by atoms with Gasteiger partial charge < -0.3 is 9.53 Å². The molecule has 1 atom stereocenters. The third-order valence-electron chi connectivity index (χ3n) is 3.01. The molecule has 4 heteroatoms. The van der Waals surface area contributed by atoms with E-state index in [4.69, 9.17) is 4.74 Å². The van der Waals surface area contributed by atoms with Crippen molar-refractivity contribution in [3.8, 4) is 11.5 Å². The van der Waals surface area contributed by atoms with Crippen LogP contribution in [0.5, 0.6) is 11.5 Å². The highest BCUT2D eigenvalue weighted by molar-refractivity contribution is 9.09. The number of aldehydes is 1. The normalized spacial score (nSPS) is 12.0. The van der Waals surface area contributed by atoms with Gasteiger partial charge in [-0.05, 0) is 66.9 Å². The Kier molecular flexibility index (Phi) is 4.55. The van der Waals surface area contributed by atoms with Crippen LogP contribution in [-0.4, -0.2) is 6.29 Å². The summed E-state index contributed by atoms with van der Waals surface area (Å²) in [4.78, 5) is 10.6. The van der Waals surface area contributed by atoms with Crippen molar-refractivity contribution in [3.63, 3.8) is 0 Å². The Morgan fingerprint density at radius 3 is 2.15 bits per heavy atom. The summed E-state index contributed by atoms with van der Waals surface area (Å²) in [5.74, 6) is 0.942. The summed E-state index contributed by atoms with van der Waals surface area (Å²) in [6, 6.07) is 9.58. The molecule has 0 spiro atoms. The summed E-state index contributed by atoms with van der Waals surface area (Å²) < 4.78 is 18.5. The maximum Gasteiger partial charge on any atom is 0.138 e. The number of carbonyl (C=O) groups excluding carboxylic acids is 1. The van der Waals surface area contributed by atoms with Crippen molar-refractivity contribution in [2.45, 2.75) is 18.7 Å². The van der Waals surface area contributed by atoms with Crippen LogP contribution in [0.4, 0.5) is 4.39 Å². The Labute approximate surface area is 125 Å². The number of benzene rings is 2. The maximum atomic E-state index is 12.8. The van der Waals surface area contributed by atoms with Crippen molar-refractivity contribution in [1.82, 2.24) is 0 Å². The molecule has 0 aliphatic rings. The van der Waals surface area contributed by atoms with Gasteiger partial charge in [-0.15, -0.1) is 0 Å². The van der Waals surface area contributed by atoms with Crippen LogP contribution in [0.2, 0.25) is 0 Å². The molecule has 0 N–H and O–H groups in total. The standard InChI is InChI=1S/C16H14BrFO2/c1-10-7-14(8-11(2)16(10)15(17)9-19)20-13-5-3-12(18)4-6-13/h3-9,15H,1-2H3. The van der Waals surface area contributed by atoms with E-state index in [1.807, 2.05) is 26.0 Å². The molecule has 2 rings (SSSR count). The lowest BCUT2D eigenvalue weighted by molar-refractivity contribution is -0.107. The van der Waals surface area contributed by atoms with Crippen molar-refractivity contribution >= 4 is 22.2 Å². The first kappa shape index (κ1) is 14.7. The highest BCUT2D eigenvalue weighted by Crippen LogP contribution is 2.32. The zero-order chi connectivity index (χ0) is 14.7. The van der Waals surface area contributed by atoms with E-state index < -0.39 is 0 Å². The molecule has 0 aromatic heterocycles. The molecule has 0 aliphatic heterocycles. The minimum absolute atomic E-state index is 0.298. The number of alkyl halides is 1. The van der Waals surface area contributed by atoms with Crippen LogP contribution in [0.1, 0.15) is 21.5 Å². The minimum Gasteiger partial charge on any atom is -0.457 e. The number of aryl methyl sites for hydroxylation is 2. The van der Waals surface area contributed by atoms with Gasteiger partial charge in [-0.3, -0.25) is 0 Å². The van der Waals surface area contributed by atoms with Crippen molar-refractivity contribution in [1.29, 1.82) is 0 Å². The van der Waals surface area contributed by atoms with Crippen LogP contribution >= 0.6 is 15.9 Å². The Balaban J connectivity index is 2.30. The van der Waals surface area contributed by atoms with Gasteiger partial charge in [0.2, 0.25) is 0 Å². The van der Waals surface area contributed by atoms with E-state index in [1.165, 1.54) is 12.1 Å². The molecule has 20 heavy (non-hydrogen) atoms. The number of halogens is 2. The largest absolute Gasteiger partial charge is 0.457 e. The second kappa shape index (κ2) is 6.18. The van der Waals surface area contributed by atoms with Gasteiger partial charge in [-0.1, -0.05) is 15.9 Å². The predicted octanol–water partition coefficient (Wildman–Crippen LogP) is 4.87. The Morgan fingerprint density at radius 1 is 1.10 bits per heavy atom. The predicted molar refractivity (Wildman–Crippen MR) is 80.1 cm³/mol. The molecular formula is C16H14BrFO2. The number of carbonyl (C=O) groups is 1. The molecule has 1 unspecified atom stereocenters. The van der Waals surface area contributed by atoms with Gasteiger partial charge >= 0.3 is 0 Å². The summed E-state index contributed by atoms with van der Waals surface area (Å²) in [6.45, 7) is 3.86. The number of rotatable bonds is 4. The van der Waals surface area contributed by atoms with E-state index in [0.717, 1.165) is 23.0 Å². The van der Waals surface area contributed by atoms with Gasteiger partial charge in [0, 0.05) is 0 Å². The zero-order valence-corrected chi connectivity index (χ0v) is 12.8. The number of ether oxygens (including phenoxy) is 1. The molecule has 0 radical (unpaired) electrons. The molecule has 2 aromatic carbocycles. The fourth-order valence-electron chi connectivity index (χ4n) is 2.14. The Bertz CT molecular complexity index is 600. The van der Waals surface area contributed by atoms with Crippen molar-refractivity contribution in [2.75, 3.05) is 0 Å². The molecule has 0 bridgehead atoms. The second-order valence-electron chi connectivity index (χ2n) is 4.56. The SMILES string of the molecule is Cc1cc(Oc2ccc(F)cc2)cc(C)c1C(Br)C=O. The fourth-order valence-corrected chi connectivity index (χ4v) is 2.86. The molecule has 104 valence electrons. The summed E-state index contributed by atoms with van der Waals surface area (Å²) in [5.41, 5.74) is 2.89. The monoisotopic (exact) mass is 336 g/mol. The van der Waals surface area contributed by atoms with E-state index >= 15 is 0 Å². The average Bonchev–Trinajstić information content (AvgIpc) is 2.40. The van der Waals surface area contributed by atoms with Gasteiger partial charge in [-0.2, -0.15) is 0 Å². The zero-order valence-electron chi connectivity index (χ0n) is 11.2. The van der Waals surface area contributed by atoms with Gasteiger partial charge in [0.25, 0.3) is 0 Å². The molecule has 0 saturated carbocycles. The van der Waals surface area contributed by atoms with E-state index in [2.05, 4.69) is 15.9 Å². The fraction of sp³-hybridized carbons (Fsp3) is 0.188. The van der Waals surface area contributed by atoms with E-state index in [0.29, 0.717) is 11.5 Å². The lowest BCUT2D eigenvalue weighted by Crippen LogP contribution is -1.99. The van der Waals surface area contributed by atoms with Gasteiger partial charge in [0.1, 0.15) is 23.6 Å². The number of hydrogen-bond donors (Lipinski definition) is 0. The van der Waals surface area contributed by atoms with Gasteiger partial charge in [0.05, 0.1) is 4.83 Å². The van der Waals surface area contributed by atoms with E-state index in [-0.39, 0.29) is 10.6 Å². The Morgan fingerprint density at radius 2 is 1.65 bits per heavy atom. The van der Waals surface area contributed by atoms with E-state index in [9.17, 15) is 9.18 Å². The second-order valence-corrected chi connectivity index (χ2v) is 5.55. The molecule has 0 heterocycles. The van der Waals surface area contributed by atoms with Crippen LogP contribution in [0.25, 0.3) is 0 Å². The van der Waals surface area contributed by atoms with Crippen LogP contribution < -0.4 is 4.74 Å². The third kappa shape index (κ3) is 3.25. The average molecular weight is 337 g/mol. The Hall–Kier alpha value is -1.68. The van der Waals surface area contributed by atoms with E-state index in [1.54, 1.807) is 12.1 Å².